The number of anilines is 1. The molecule has 9 heteroatoms. The fraction of sp³-hybridized carbons (Fsp3) is 0.105. The zero-order chi connectivity index (χ0) is 19.7. The fourth-order valence-electron chi connectivity index (χ4n) is 2.81. The number of amides is 1. The molecular formula is C19H14N6O3. The molecule has 0 spiro atoms. The second-order valence-corrected chi connectivity index (χ2v) is 5.98. The molecule has 0 atom stereocenters. The molecule has 1 aromatic carbocycles. The van der Waals surface area contributed by atoms with Crippen LogP contribution in [-0.2, 0) is 0 Å². The highest BCUT2D eigenvalue weighted by atomic mass is 16.5. The molecule has 28 heavy (non-hydrogen) atoms. The molecule has 0 radical (unpaired) electrons. The number of pyridine rings is 1. The molecule has 0 aliphatic heterocycles. The Morgan fingerprint density at radius 3 is 2.89 bits per heavy atom. The Balaban J connectivity index is 1.70. The highest BCUT2D eigenvalue weighted by molar-refractivity contribution is 6.04. The number of nitrogens with one attached hydrogen (secondary N) is 1. The highest BCUT2D eigenvalue weighted by Gasteiger charge is 2.16. The van der Waals surface area contributed by atoms with Gasteiger partial charge in [0.2, 0.25) is 12.2 Å². The molecule has 1 amide bonds. The van der Waals surface area contributed by atoms with Crippen LogP contribution in [0.1, 0.15) is 21.6 Å². The van der Waals surface area contributed by atoms with Gasteiger partial charge in [-0.1, -0.05) is 17.3 Å². The predicted molar refractivity (Wildman–Crippen MR) is 98.9 cm³/mol. The number of fused-ring (bicyclic) bond motifs is 1. The summed E-state index contributed by atoms with van der Waals surface area (Å²) >= 11 is 0. The molecule has 0 saturated heterocycles. The van der Waals surface area contributed by atoms with E-state index in [0.29, 0.717) is 39.7 Å². The van der Waals surface area contributed by atoms with Crippen molar-refractivity contribution in [1.29, 1.82) is 5.26 Å². The van der Waals surface area contributed by atoms with Crippen molar-refractivity contribution in [3.63, 3.8) is 0 Å². The van der Waals surface area contributed by atoms with E-state index in [2.05, 4.69) is 20.4 Å². The Hall–Kier alpha value is -4.19. The number of carbonyl (C=O) groups is 1. The maximum Gasteiger partial charge on any atom is 0.274 e. The number of aryl methyl sites for hydroxylation is 1. The molecule has 9 nitrogen and oxygen atoms in total. The van der Waals surface area contributed by atoms with Gasteiger partial charge in [-0.2, -0.15) is 10.2 Å². The Bertz CT molecular complexity index is 1220. The quantitative estimate of drug-likeness (QED) is 0.583. The van der Waals surface area contributed by atoms with E-state index in [9.17, 15) is 10.1 Å². The number of benzene rings is 1. The smallest absolute Gasteiger partial charge is 0.274 e. The lowest BCUT2D eigenvalue weighted by Crippen LogP contribution is -2.15. The van der Waals surface area contributed by atoms with Crippen molar-refractivity contribution in [2.45, 2.75) is 6.92 Å². The van der Waals surface area contributed by atoms with E-state index in [4.69, 9.17) is 9.26 Å². The van der Waals surface area contributed by atoms with Gasteiger partial charge in [0.1, 0.15) is 28.7 Å². The van der Waals surface area contributed by atoms with Crippen molar-refractivity contribution in [1.82, 2.24) is 19.5 Å². The van der Waals surface area contributed by atoms with Gasteiger partial charge >= 0.3 is 0 Å². The van der Waals surface area contributed by atoms with Gasteiger partial charge in [-0.3, -0.25) is 9.20 Å². The summed E-state index contributed by atoms with van der Waals surface area (Å²) < 4.78 is 11.5. The summed E-state index contributed by atoms with van der Waals surface area (Å²) in [5.41, 5.74) is 3.28. The van der Waals surface area contributed by atoms with E-state index in [-0.39, 0.29) is 5.91 Å². The van der Waals surface area contributed by atoms with Crippen molar-refractivity contribution < 1.29 is 14.1 Å². The Labute approximate surface area is 159 Å². The van der Waals surface area contributed by atoms with Crippen LogP contribution in [0.25, 0.3) is 17.0 Å². The minimum absolute atomic E-state index is 0.290. The van der Waals surface area contributed by atoms with Gasteiger partial charge in [0.05, 0.1) is 13.3 Å². The SMILES string of the molecule is COc1cc2ncc(C(=O)Nc3cc(-c4ncon4)ccc3C)n2cc1C#N. The molecule has 0 bridgehead atoms. The molecule has 0 fully saturated rings. The maximum atomic E-state index is 12.9. The summed E-state index contributed by atoms with van der Waals surface area (Å²) in [6.45, 7) is 1.88. The van der Waals surface area contributed by atoms with E-state index < -0.39 is 0 Å². The molecule has 3 aromatic heterocycles. The summed E-state index contributed by atoms with van der Waals surface area (Å²) in [6, 6.07) is 9.12. The van der Waals surface area contributed by atoms with Gasteiger partial charge < -0.3 is 14.6 Å². The zero-order valence-corrected chi connectivity index (χ0v) is 15.0. The third-order valence-corrected chi connectivity index (χ3v) is 4.29. The Kier molecular flexibility index (Phi) is 4.21. The summed E-state index contributed by atoms with van der Waals surface area (Å²) in [5, 5.41) is 16.0. The molecule has 0 aliphatic rings. The van der Waals surface area contributed by atoms with Crippen molar-refractivity contribution in [2.75, 3.05) is 12.4 Å². The normalized spacial score (nSPS) is 10.6. The summed E-state index contributed by atoms with van der Waals surface area (Å²) in [5.74, 6) is 0.460. The van der Waals surface area contributed by atoms with E-state index in [1.54, 1.807) is 16.5 Å². The number of carbonyl (C=O) groups excluding carboxylic acids is 1. The van der Waals surface area contributed by atoms with Crippen LogP contribution >= 0.6 is 0 Å². The first-order chi connectivity index (χ1) is 13.6. The number of methoxy groups -OCH3 is 1. The monoisotopic (exact) mass is 374 g/mol. The second-order valence-electron chi connectivity index (χ2n) is 5.98. The first-order valence-electron chi connectivity index (χ1n) is 8.24. The van der Waals surface area contributed by atoms with Crippen LogP contribution in [0.15, 0.2) is 47.6 Å². The molecular weight excluding hydrogens is 360 g/mol. The van der Waals surface area contributed by atoms with E-state index >= 15 is 0 Å². The lowest BCUT2D eigenvalue weighted by atomic mass is 10.1. The number of nitriles is 1. The van der Waals surface area contributed by atoms with E-state index in [0.717, 1.165) is 5.56 Å². The summed E-state index contributed by atoms with van der Waals surface area (Å²) in [7, 11) is 1.47. The Morgan fingerprint density at radius 1 is 1.32 bits per heavy atom. The number of aromatic nitrogens is 4. The van der Waals surface area contributed by atoms with Crippen LogP contribution in [0, 0.1) is 18.3 Å². The van der Waals surface area contributed by atoms with Crippen LogP contribution < -0.4 is 10.1 Å². The molecule has 4 rings (SSSR count). The van der Waals surface area contributed by atoms with Crippen LogP contribution in [-0.4, -0.2) is 32.5 Å². The minimum atomic E-state index is -0.366. The summed E-state index contributed by atoms with van der Waals surface area (Å²) in [4.78, 5) is 21.1. The predicted octanol–water partition coefficient (Wildman–Crippen LogP) is 2.83. The zero-order valence-electron chi connectivity index (χ0n) is 15.0. The van der Waals surface area contributed by atoms with Crippen molar-refractivity contribution in [3.8, 4) is 23.2 Å². The number of rotatable bonds is 4. The average Bonchev–Trinajstić information content (AvgIpc) is 3.38. The molecule has 4 aromatic rings. The van der Waals surface area contributed by atoms with Crippen molar-refractivity contribution >= 4 is 17.2 Å². The van der Waals surface area contributed by atoms with Crippen LogP contribution in [0.3, 0.4) is 0 Å². The average molecular weight is 374 g/mol. The minimum Gasteiger partial charge on any atom is -0.495 e. The van der Waals surface area contributed by atoms with Crippen LogP contribution in [0.2, 0.25) is 0 Å². The van der Waals surface area contributed by atoms with Gasteiger partial charge in [-0.25, -0.2) is 4.98 Å². The van der Waals surface area contributed by atoms with Gasteiger partial charge in [0, 0.05) is 23.5 Å². The van der Waals surface area contributed by atoms with Gasteiger partial charge in [-0.15, -0.1) is 0 Å². The molecule has 0 saturated carbocycles. The van der Waals surface area contributed by atoms with Crippen LogP contribution in [0.5, 0.6) is 5.75 Å². The maximum absolute atomic E-state index is 12.9. The molecule has 1 N–H and O–H groups in total. The molecule has 3 heterocycles. The van der Waals surface area contributed by atoms with E-state index in [1.165, 1.54) is 25.9 Å². The number of hydrogen-bond acceptors (Lipinski definition) is 7. The number of ether oxygens (including phenoxy) is 1. The lowest BCUT2D eigenvalue weighted by molar-refractivity contribution is 0.102. The lowest BCUT2D eigenvalue weighted by Gasteiger charge is -2.10. The second kappa shape index (κ2) is 6.85. The topological polar surface area (TPSA) is 118 Å². The largest absolute Gasteiger partial charge is 0.495 e. The van der Waals surface area contributed by atoms with Crippen molar-refractivity contribution in [2.24, 2.45) is 0 Å². The van der Waals surface area contributed by atoms with Gasteiger partial charge in [0.25, 0.3) is 5.91 Å². The van der Waals surface area contributed by atoms with Crippen molar-refractivity contribution in [3.05, 3.63) is 59.9 Å². The number of nitrogens with zero attached hydrogens (tertiary/aromatic N) is 5. The number of hydrogen-bond donors (Lipinski definition) is 1. The Morgan fingerprint density at radius 2 is 2.18 bits per heavy atom. The highest BCUT2D eigenvalue weighted by Crippen LogP contribution is 2.25. The van der Waals surface area contributed by atoms with Crippen LogP contribution in [0.4, 0.5) is 5.69 Å². The molecule has 138 valence electrons. The molecule has 0 unspecified atom stereocenters. The standard InChI is InChI=1S/C19H14N6O3/c1-11-3-4-12(18-22-10-28-24-18)5-14(11)23-19(26)15-8-21-17-6-16(27-2)13(7-20)9-25(15)17/h3-6,8-10H,1-2H3,(H,23,26). The third kappa shape index (κ3) is 2.93. The third-order valence-electron chi connectivity index (χ3n) is 4.29. The van der Waals surface area contributed by atoms with Gasteiger partial charge in [-0.05, 0) is 18.6 Å². The van der Waals surface area contributed by atoms with Gasteiger partial charge in [0.15, 0.2) is 0 Å². The first-order valence-corrected chi connectivity index (χ1v) is 8.24. The number of imidazole rings is 1. The summed E-state index contributed by atoms with van der Waals surface area (Å²) in [6.07, 6.45) is 4.22. The molecule has 0 aliphatic carbocycles. The first kappa shape index (κ1) is 17.2. The fourth-order valence-corrected chi connectivity index (χ4v) is 2.81. The van der Waals surface area contributed by atoms with E-state index in [1.807, 2.05) is 25.1 Å².